The van der Waals surface area contributed by atoms with E-state index in [0.717, 1.165) is 27.8 Å². The molecule has 2 aromatic carbocycles. The van der Waals surface area contributed by atoms with Gasteiger partial charge in [0.05, 0.1) is 5.02 Å². The summed E-state index contributed by atoms with van der Waals surface area (Å²) in [4.78, 5) is 27.3. The molecule has 0 saturated heterocycles. The fourth-order valence-electron chi connectivity index (χ4n) is 3.20. The van der Waals surface area contributed by atoms with Gasteiger partial charge in [-0.25, -0.2) is 4.79 Å². The minimum Gasteiger partial charge on any atom is -0.448 e. The van der Waals surface area contributed by atoms with Gasteiger partial charge in [-0.2, -0.15) is 0 Å². The van der Waals surface area contributed by atoms with Crippen molar-refractivity contribution >= 4 is 50.6 Å². The average Bonchev–Trinajstić information content (AvgIpc) is 3.23. The van der Waals surface area contributed by atoms with Crippen molar-refractivity contribution in [3.05, 3.63) is 64.0 Å². The Bertz CT molecular complexity index is 1010. The number of halogens is 1. The lowest BCUT2D eigenvalue weighted by Gasteiger charge is -2.21. The van der Waals surface area contributed by atoms with E-state index in [0.29, 0.717) is 16.4 Å². The quantitative estimate of drug-likeness (QED) is 0.614. The molecule has 4 rings (SSSR count). The van der Waals surface area contributed by atoms with Crippen LogP contribution < -0.4 is 4.90 Å². The number of rotatable bonds is 3. The number of ether oxygens (including phenoxy) is 1. The lowest BCUT2D eigenvalue weighted by Crippen LogP contribution is -2.39. The first-order valence-electron chi connectivity index (χ1n) is 8.33. The number of carbonyl (C=O) groups is 2. The molecule has 1 aliphatic rings. The number of carbonyl (C=O) groups excluding carboxylic acids is 2. The Labute approximate surface area is 159 Å². The van der Waals surface area contributed by atoms with Crippen molar-refractivity contribution in [1.29, 1.82) is 0 Å². The van der Waals surface area contributed by atoms with Crippen molar-refractivity contribution in [3.8, 4) is 0 Å². The molecular weight excluding hydrogens is 370 g/mol. The van der Waals surface area contributed by atoms with Crippen LogP contribution in [0.2, 0.25) is 5.02 Å². The molecule has 1 atom stereocenters. The highest BCUT2D eigenvalue weighted by Gasteiger charge is 2.30. The number of benzene rings is 2. The van der Waals surface area contributed by atoms with Crippen molar-refractivity contribution in [2.24, 2.45) is 0 Å². The molecule has 26 heavy (non-hydrogen) atoms. The van der Waals surface area contributed by atoms with Crippen LogP contribution in [0, 0.1) is 0 Å². The Morgan fingerprint density at radius 3 is 2.69 bits per heavy atom. The number of hydrogen-bond donors (Lipinski definition) is 0. The zero-order valence-electron chi connectivity index (χ0n) is 14.1. The molecule has 6 heteroatoms. The number of thiophene rings is 1. The monoisotopic (exact) mass is 385 g/mol. The van der Waals surface area contributed by atoms with Crippen LogP contribution in [0.3, 0.4) is 0 Å². The van der Waals surface area contributed by atoms with E-state index < -0.39 is 12.1 Å². The molecule has 0 N–H and O–H groups in total. The van der Waals surface area contributed by atoms with Gasteiger partial charge >= 0.3 is 5.97 Å². The molecule has 3 aromatic rings. The van der Waals surface area contributed by atoms with E-state index in [-0.39, 0.29) is 5.91 Å². The first-order valence-corrected chi connectivity index (χ1v) is 9.53. The van der Waals surface area contributed by atoms with Gasteiger partial charge in [0.25, 0.3) is 5.91 Å². The van der Waals surface area contributed by atoms with Crippen LogP contribution in [0.4, 0.5) is 5.69 Å². The Kier molecular flexibility index (Phi) is 4.42. The van der Waals surface area contributed by atoms with Crippen molar-refractivity contribution in [2.75, 3.05) is 11.4 Å². The number of amides is 1. The van der Waals surface area contributed by atoms with E-state index >= 15 is 0 Å². The van der Waals surface area contributed by atoms with Crippen molar-refractivity contribution in [2.45, 2.75) is 19.4 Å². The summed E-state index contributed by atoms with van der Waals surface area (Å²) in [7, 11) is 0. The third-order valence-corrected chi connectivity index (χ3v) is 6.16. The van der Waals surface area contributed by atoms with Gasteiger partial charge in [0.2, 0.25) is 0 Å². The molecule has 1 unspecified atom stereocenters. The van der Waals surface area contributed by atoms with Crippen LogP contribution in [0.15, 0.2) is 48.5 Å². The minimum atomic E-state index is -0.880. The van der Waals surface area contributed by atoms with Crippen LogP contribution in [-0.4, -0.2) is 24.5 Å². The summed E-state index contributed by atoms with van der Waals surface area (Å²) in [6.07, 6.45) is -0.0694. The van der Waals surface area contributed by atoms with Gasteiger partial charge in [0.15, 0.2) is 6.10 Å². The number of para-hydroxylation sites is 1. The predicted molar refractivity (Wildman–Crippen MR) is 104 cm³/mol. The van der Waals surface area contributed by atoms with E-state index in [1.54, 1.807) is 11.8 Å². The zero-order chi connectivity index (χ0) is 18.3. The Morgan fingerprint density at radius 2 is 1.88 bits per heavy atom. The molecule has 4 nitrogen and oxygen atoms in total. The first kappa shape index (κ1) is 17.1. The van der Waals surface area contributed by atoms with Gasteiger partial charge in [-0.1, -0.05) is 48.0 Å². The molecule has 1 aliphatic heterocycles. The van der Waals surface area contributed by atoms with E-state index in [4.69, 9.17) is 16.3 Å². The lowest BCUT2D eigenvalue weighted by molar-refractivity contribution is -0.126. The SMILES string of the molecule is CC(OC(=O)c1sc2ccccc2c1Cl)C(=O)N1CCc2ccccc21. The zero-order valence-corrected chi connectivity index (χ0v) is 15.6. The van der Waals surface area contributed by atoms with Crippen LogP contribution in [-0.2, 0) is 16.0 Å². The van der Waals surface area contributed by atoms with Gasteiger partial charge in [0, 0.05) is 22.3 Å². The maximum atomic E-state index is 12.8. The van der Waals surface area contributed by atoms with Crippen LogP contribution in [0.1, 0.15) is 22.2 Å². The Morgan fingerprint density at radius 1 is 1.15 bits per heavy atom. The maximum absolute atomic E-state index is 12.8. The number of esters is 1. The predicted octanol–water partition coefficient (Wildman–Crippen LogP) is 4.69. The van der Waals surface area contributed by atoms with Gasteiger partial charge in [-0.05, 0) is 31.0 Å². The molecule has 0 fully saturated rings. The summed E-state index contributed by atoms with van der Waals surface area (Å²) in [5, 5.41) is 1.19. The third kappa shape index (κ3) is 2.87. The second kappa shape index (κ2) is 6.74. The second-order valence-corrected chi connectivity index (χ2v) is 7.59. The van der Waals surface area contributed by atoms with Crippen LogP contribution in [0.25, 0.3) is 10.1 Å². The van der Waals surface area contributed by atoms with Crippen LogP contribution >= 0.6 is 22.9 Å². The normalized spacial score (nSPS) is 14.3. The summed E-state index contributed by atoms with van der Waals surface area (Å²) >= 11 is 7.60. The molecule has 1 amide bonds. The molecule has 0 saturated carbocycles. The second-order valence-electron chi connectivity index (χ2n) is 6.16. The van der Waals surface area contributed by atoms with E-state index in [1.165, 1.54) is 11.3 Å². The fraction of sp³-hybridized carbons (Fsp3) is 0.200. The molecular formula is C20H16ClNO3S. The van der Waals surface area contributed by atoms with Crippen LogP contribution in [0.5, 0.6) is 0 Å². The minimum absolute atomic E-state index is 0.222. The third-order valence-electron chi connectivity index (χ3n) is 4.51. The van der Waals surface area contributed by atoms with E-state index in [1.807, 2.05) is 48.5 Å². The van der Waals surface area contributed by atoms with Gasteiger partial charge in [-0.3, -0.25) is 4.79 Å². The average molecular weight is 386 g/mol. The summed E-state index contributed by atoms with van der Waals surface area (Å²) in [5.74, 6) is -0.787. The number of hydrogen-bond acceptors (Lipinski definition) is 4. The summed E-state index contributed by atoms with van der Waals surface area (Å²) in [5.41, 5.74) is 2.02. The smallest absolute Gasteiger partial charge is 0.350 e. The van der Waals surface area contributed by atoms with E-state index in [2.05, 4.69) is 0 Å². The molecule has 1 aromatic heterocycles. The number of fused-ring (bicyclic) bond motifs is 2. The van der Waals surface area contributed by atoms with Gasteiger partial charge in [-0.15, -0.1) is 11.3 Å². The Hall–Kier alpha value is -2.37. The largest absolute Gasteiger partial charge is 0.448 e. The molecule has 132 valence electrons. The topological polar surface area (TPSA) is 46.6 Å². The van der Waals surface area contributed by atoms with Crippen molar-refractivity contribution in [3.63, 3.8) is 0 Å². The standard InChI is InChI=1S/C20H16ClNO3S/c1-12(19(23)22-11-10-13-6-2-4-8-15(13)22)25-20(24)18-17(21)14-7-3-5-9-16(14)26-18/h2-9,12H,10-11H2,1H3. The van der Waals surface area contributed by atoms with Gasteiger partial charge in [0.1, 0.15) is 4.88 Å². The lowest BCUT2D eigenvalue weighted by atomic mass is 10.2. The molecule has 0 radical (unpaired) electrons. The number of anilines is 1. The highest BCUT2D eigenvalue weighted by Crippen LogP contribution is 2.36. The van der Waals surface area contributed by atoms with Gasteiger partial charge < -0.3 is 9.64 Å². The molecule has 0 bridgehead atoms. The fourth-order valence-corrected chi connectivity index (χ4v) is 4.59. The summed E-state index contributed by atoms with van der Waals surface area (Å²) in [6, 6.07) is 15.3. The highest BCUT2D eigenvalue weighted by molar-refractivity contribution is 7.21. The summed E-state index contributed by atoms with van der Waals surface area (Å²) < 4.78 is 6.35. The van der Waals surface area contributed by atoms with Crippen molar-refractivity contribution < 1.29 is 14.3 Å². The maximum Gasteiger partial charge on any atom is 0.350 e. The molecule has 0 spiro atoms. The molecule has 2 heterocycles. The Balaban J connectivity index is 1.52. The number of nitrogens with zero attached hydrogens (tertiary/aromatic N) is 1. The molecule has 0 aliphatic carbocycles. The first-order chi connectivity index (χ1) is 12.6. The van der Waals surface area contributed by atoms with E-state index in [9.17, 15) is 9.59 Å². The van der Waals surface area contributed by atoms with Crippen molar-refractivity contribution in [1.82, 2.24) is 0 Å². The summed E-state index contributed by atoms with van der Waals surface area (Å²) in [6.45, 7) is 2.20. The highest BCUT2D eigenvalue weighted by atomic mass is 35.5.